The first kappa shape index (κ1) is 13.1. The number of carbonyl (C=O) groups excluding carboxylic acids is 1. The molecule has 1 atom stereocenters. The molecular weight excluding hydrogens is 252 g/mol. The predicted octanol–water partition coefficient (Wildman–Crippen LogP) is 0.983. The molecule has 0 heterocycles. The summed E-state index contributed by atoms with van der Waals surface area (Å²) in [5.74, 6) is -1.70. The fourth-order valence-corrected chi connectivity index (χ4v) is 0.959. The van der Waals surface area contributed by atoms with Gasteiger partial charge in [-0.25, -0.2) is 8.81 Å². The molecule has 0 aliphatic rings. The zero-order valence-corrected chi connectivity index (χ0v) is 9.83. The summed E-state index contributed by atoms with van der Waals surface area (Å²) in [6.07, 6.45) is 0. The van der Waals surface area contributed by atoms with Crippen LogP contribution in [0.4, 0.5) is 0 Å². The molecule has 1 amide bonds. The lowest BCUT2D eigenvalue weighted by atomic mass is 10.0. The van der Waals surface area contributed by atoms with Crippen LogP contribution in [0.3, 0.4) is 0 Å². The fraction of sp³-hybridized carbons (Fsp3) is 0.625. The Kier molecular flexibility index (Phi) is 5.37. The summed E-state index contributed by atoms with van der Waals surface area (Å²) in [5.41, 5.74) is 0.192. The second-order valence-corrected chi connectivity index (χ2v) is 3.56. The first-order valence-electron chi connectivity index (χ1n) is 4.09. The van der Waals surface area contributed by atoms with Gasteiger partial charge in [-0.05, 0) is 12.8 Å². The molecule has 0 aliphatic carbocycles. The van der Waals surface area contributed by atoms with Gasteiger partial charge in [-0.1, -0.05) is 13.8 Å². The molecule has 5 nitrogen and oxygen atoms in total. The maximum Gasteiger partial charge on any atom is 0.326 e. The van der Waals surface area contributed by atoms with E-state index in [9.17, 15) is 9.59 Å². The number of carbonyl (C=O) groups is 2. The van der Waals surface area contributed by atoms with Crippen molar-refractivity contribution in [2.24, 2.45) is 9.94 Å². The van der Waals surface area contributed by atoms with E-state index in [1.165, 1.54) is 6.92 Å². The maximum absolute atomic E-state index is 11.3. The van der Waals surface area contributed by atoms with Crippen molar-refractivity contribution in [1.82, 2.24) is 5.32 Å². The number of rotatable bonds is 4. The number of hydrogen-bond acceptors (Lipinski definition) is 3. The monoisotopic (exact) mass is 264 g/mol. The van der Waals surface area contributed by atoms with Crippen LogP contribution in [0, 0.1) is 5.92 Å². The Morgan fingerprint density at radius 1 is 1.43 bits per heavy atom. The third-order valence-corrected chi connectivity index (χ3v) is 2.21. The summed E-state index contributed by atoms with van der Waals surface area (Å²) in [4.78, 5) is 22.0. The van der Waals surface area contributed by atoms with Crippen molar-refractivity contribution >= 4 is 33.7 Å². The number of amides is 1. The van der Waals surface area contributed by atoms with Crippen LogP contribution in [0.15, 0.2) is 4.02 Å². The third kappa shape index (κ3) is 3.87. The van der Waals surface area contributed by atoms with Crippen molar-refractivity contribution in [1.29, 1.82) is 0 Å². The van der Waals surface area contributed by atoms with Gasteiger partial charge in [0.15, 0.2) is 0 Å². The van der Waals surface area contributed by atoms with Crippen molar-refractivity contribution in [3.8, 4) is 0 Å². The molecule has 0 aromatic heterocycles. The molecule has 14 heavy (non-hydrogen) atoms. The Bertz CT molecular complexity index is 263. The standard InChI is InChI=1S/C8H13BrN2O3/c1-4(2)6(8(13)14)10-7(12)5(3)11-9/h4,6H,1-3H3,(H,10,12)(H,13,14)/b11-5+/t6-/m0/s1. The Balaban J connectivity index is 4.47. The van der Waals surface area contributed by atoms with Gasteiger partial charge >= 0.3 is 5.97 Å². The highest BCUT2D eigenvalue weighted by molar-refractivity contribution is 9.08. The van der Waals surface area contributed by atoms with Gasteiger partial charge in [-0.3, -0.25) is 4.79 Å². The Hall–Kier alpha value is -0.910. The minimum Gasteiger partial charge on any atom is -0.480 e. The number of nitrogens with zero attached hydrogens (tertiary/aromatic N) is 1. The molecule has 80 valence electrons. The van der Waals surface area contributed by atoms with E-state index >= 15 is 0 Å². The highest BCUT2D eigenvalue weighted by Crippen LogP contribution is 2.01. The molecule has 6 heteroatoms. The molecule has 2 N–H and O–H groups in total. The average Bonchev–Trinajstić information content (AvgIpc) is 2.11. The Morgan fingerprint density at radius 2 is 1.93 bits per heavy atom. The first-order chi connectivity index (χ1) is 6.40. The topological polar surface area (TPSA) is 78.8 Å². The lowest BCUT2D eigenvalue weighted by molar-refractivity contribution is -0.142. The van der Waals surface area contributed by atoms with E-state index in [0.29, 0.717) is 0 Å². The van der Waals surface area contributed by atoms with E-state index in [1.807, 2.05) is 0 Å². The molecule has 0 unspecified atom stereocenters. The van der Waals surface area contributed by atoms with Crippen LogP contribution in [0.25, 0.3) is 0 Å². The molecule has 0 bridgehead atoms. The highest BCUT2D eigenvalue weighted by Gasteiger charge is 2.23. The van der Waals surface area contributed by atoms with Crippen molar-refractivity contribution in [3.05, 3.63) is 0 Å². The molecule has 0 aromatic carbocycles. The second kappa shape index (κ2) is 5.74. The normalized spacial score (nSPS) is 13.9. The number of aliphatic carboxylic acids is 1. The van der Waals surface area contributed by atoms with E-state index in [4.69, 9.17) is 5.11 Å². The second-order valence-electron chi connectivity index (χ2n) is 3.20. The summed E-state index contributed by atoms with van der Waals surface area (Å²) < 4.78 is 3.48. The molecular formula is C8H13BrN2O3. The van der Waals surface area contributed by atoms with Crippen molar-refractivity contribution < 1.29 is 14.7 Å². The molecule has 0 aromatic rings. The van der Waals surface area contributed by atoms with Crippen LogP contribution in [0.5, 0.6) is 0 Å². The SMILES string of the molecule is C/C(=N\Br)C(=O)N[C@H](C(=O)O)C(C)C. The van der Waals surface area contributed by atoms with E-state index in [-0.39, 0.29) is 11.6 Å². The summed E-state index contributed by atoms with van der Waals surface area (Å²) in [7, 11) is 0. The van der Waals surface area contributed by atoms with Gasteiger partial charge in [0.25, 0.3) is 5.91 Å². The highest BCUT2D eigenvalue weighted by atomic mass is 79.9. The summed E-state index contributed by atoms with van der Waals surface area (Å²) in [5, 5.41) is 11.1. The van der Waals surface area contributed by atoms with Gasteiger partial charge in [0, 0.05) is 0 Å². The zero-order valence-electron chi connectivity index (χ0n) is 8.24. The minimum absolute atomic E-state index is 0.167. The molecule has 0 radical (unpaired) electrons. The van der Waals surface area contributed by atoms with Crippen molar-refractivity contribution in [3.63, 3.8) is 0 Å². The van der Waals surface area contributed by atoms with Gasteiger partial charge in [-0.15, -0.1) is 0 Å². The number of hydrogen-bond donors (Lipinski definition) is 2. The van der Waals surface area contributed by atoms with Gasteiger partial charge < -0.3 is 10.4 Å². The molecule has 0 rings (SSSR count). The molecule has 0 saturated heterocycles. The Morgan fingerprint density at radius 3 is 2.21 bits per heavy atom. The molecule has 0 spiro atoms. The minimum atomic E-state index is -1.05. The smallest absolute Gasteiger partial charge is 0.326 e. The van der Waals surface area contributed by atoms with Gasteiger partial charge in [-0.2, -0.15) is 0 Å². The first-order valence-corrected chi connectivity index (χ1v) is 4.80. The van der Waals surface area contributed by atoms with Crippen molar-refractivity contribution in [2.75, 3.05) is 0 Å². The van der Waals surface area contributed by atoms with Crippen LogP contribution in [-0.4, -0.2) is 28.7 Å². The number of nitrogens with one attached hydrogen (secondary N) is 1. The lowest BCUT2D eigenvalue weighted by Crippen LogP contribution is -2.46. The van der Waals surface area contributed by atoms with Gasteiger partial charge in [0.1, 0.15) is 11.8 Å². The van der Waals surface area contributed by atoms with E-state index in [2.05, 4.69) is 25.5 Å². The molecule has 0 aliphatic heterocycles. The summed E-state index contributed by atoms with van der Waals surface area (Å²) in [6, 6.07) is -0.883. The van der Waals surface area contributed by atoms with Crippen molar-refractivity contribution in [2.45, 2.75) is 26.8 Å². The zero-order chi connectivity index (χ0) is 11.3. The summed E-state index contributed by atoms with van der Waals surface area (Å²) in [6.45, 7) is 4.93. The van der Waals surface area contributed by atoms with Gasteiger partial charge in [0.05, 0.1) is 16.1 Å². The largest absolute Gasteiger partial charge is 0.480 e. The van der Waals surface area contributed by atoms with E-state index < -0.39 is 17.9 Å². The average molecular weight is 265 g/mol. The number of halogens is 1. The quantitative estimate of drug-likeness (QED) is 0.744. The number of carboxylic acids is 1. The summed E-state index contributed by atoms with van der Waals surface area (Å²) >= 11 is 2.76. The maximum atomic E-state index is 11.3. The van der Waals surface area contributed by atoms with Crippen LogP contribution in [0.1, 0.15) is 20.8 Å². The van der Waals surface area contributed by atoms with Gasteiger partial charge in [0.2, 0.25) is 0 Å². The lowest BCUT2D eigenvalue weighted by Gasteiger charge is -2.17. The van der Waals surface area contributed by atoms with E-state index in [1.54, 1.807) is 13.8 Å². The van der Waals surface area contributed by atoms with Crippen LogP contribution in [0.2, 0.25) is 0 Å². The Labute approximate surface area is 90.9 Å². The van der Waals surface area contributed by atoms with E-state index in [0.717, 1.165) is 0 Å². The number of carboxylic acid groups (broad SMARTS) is 1. The predicted molar refractivity (Wildman–Crippen MR) is 56.4 cm³/mol. The third-order valence-electron chi connectivity index (χ3n) is 1.67. The van der Waals surface area contributed by atoms with Crippen LogP contribution >= 0.6 is 16.1 Å². The molecule has 0 fully saturated rings. The molecule has 0 saturated carbocycles. The fourth-order valence-electron chi connectivity index (χ4n) is 0.798. The van der Waals surface area contributed by atoms with Crippen LogP contribution < -0.4 is 5.32 Å². The van der Waals surface area contributed by atoms with Crippen LogP contribution in [-0.2, 0) is 9.59 Å².